The predicted molar refractivity (Wildman–Crippen MR) is 111 cm³/mol. The molecule has 6 nitrogen and oxygen atoms in total. The quantitative estimate of drug-likeness (QED) is 0.483. The minimum absolute atomic E-state index is 0.0220. The number of alkyl halides is 2. The molecule has 9 heteroatoms. The van der Waals surface area contributed by atoms with E-state index < -0.39 is 6.61 Å². The lowest BCUT2D eigenvalue weighted by molar-refractivity contribution is -0.0493. The number of thiazole rings is 1. The van der Waals surface area contributed by atoms with E-state index in [1.807, 2.05) is 11.4 Å². The summed E-state index contributed by atoms with van der Waals surface area (Å²) in [6.45, 7) is -2.95. The van der Waals surface area contributed by atoms with Gasteiger partial charge >= 0.3 is 6.61 Å². The van der Waals surface area contributed by atoms with Crippen molar-refractivity contribution in [3.05, 3.63) is 59.1 Å². The first-order valence-electron chi connectivity index (χ1n) is 8.64. The van der Waals surface area contributed by atoms with E-state index in [1.165, 1.54) is 23.6 Å². The molecule has 0 saturated carbocycles. The van der Waals surface area contributed by atoms with E-state index in [2.05, 4.69) is 21.1 Å². The van der Waals surface area contributed by atoms with E-state index in [9.17, 15) is 14.0 Å². The fourth-order valence-corrected chi connectivity index (χ4v) is 3.40. The van der Waals surface area contributed by atoms with Crippen molar-refractivity contribution in [2.24, 2.45) is 0 Å². The minimum atomic E-state index is -2.95. The lowest BCUT2D eigenvalue weighted by atomic mass is 10.1. The number of nitriles is 1. The molecule has 0 spiro atoms. The lowest BCUT2D eigenvalue weighted by Crippen LogP contribution is -2.04. The van der Waals surface area contributed by atoms with Gasteiger partial charge in [-0.3, -0.25) is 0 Å². The Morgan fingerprint density at radius 3 is 2.60 bits per heavy atom. The molecule has 0 radical (unpaired) electrons. The SMILES string of the molecule is COc1ccc(-c2csc(C(C#N)=CNc3ccccc3OC(F)F)n2)cc1OC. The van der Waals surface area contributed by atoms with E-state index in [4.69, 9.17) is 9.47 Å². The summed E-state index contributed by atoms with van der Waals surface area (Å²) < 4.78 is 40.1. The lowest BCUT2D eigenvalue weighted by Gasteiger charge is -2.10. The predicted octanol–water partition coefficient (Wildman–Crippen LogP) is 5.41. The Morgan fingerprint density at radius 1 is 1.13 bits per heavy atom. The number of rotatable bonds is 8. The van der Waals surface area contributed by atoms with Gasteiger partial charge < -0.3 is 19.5 Å². The van der Waals surface area contributed by atoms with Gasteiger partial charge in [0.1, 0.15) is 22.4 Å². The highest BCUT2D eigenvalue weighted by Crippen LogP contribution is 2.34. The van der Waals surface area contributed by atoms with Gasteiger partial charge in [0.2, 0.25) is 0 Å². The molecule has 3 rings (SSSR count). The second-order valence-corrected chi connectivity index (χ2v) is 6.65. The van der Waals surface area contributed by atoms with Crippen LogP contribution in [0.1, 0.15) is 5.01 Å². The number of ether oxygens (including phenoxy) is 3. The second kappa shape index (κ2) is 9.71. The molecular formula is C21H17F2N3O3S. The van der Waals surface area contributed by atoms with Gasteiger partial charge in [-0.2, -0.15) is 14.0 Å². The molecule has 0 atom stereocenters. The average molecular weight is 429 g/mol. The number of methoxy groups -OCH3 is 2. The summed E-state index contributed by atoms with van der Waals surface area (Å²) in [4.78, 5) is 4.51. The number of para-hydroxylation sites is 2. The van der Waals surface area contributed by atoms with Crippen molar-refractivity contribution in [1.82, 2.24) is 4.98 Å². The van der Waals surface area contributed by atoms with Crippen molar-refractivity contribution in [3.63, 3.8) is 0 Å². The third-order valence-electron chi connectivity index (χ3n) is 4.01. The van der Waals surface area contributed by atoms with Gasteiger partial charge in [-0.25, -0.2) is 4.98 Å². The van der Waals surface area contributed by atoms with Crippen LogP contribution in [0.4, 0.5) is 14.5 Å². The summed E-state index contributed by atoms with van der Waals surface area (Å²) in [5, 5.41) is 14.7. The normalized spacial score (nSPS) is 11.1. The molecule has 30 heavy (non-hydrogen) atoms. The molecule has 0 saturated heterocycles. The Balaban J connectivity index is 1.84. The molecule has 1 aromatic heterocycles. The van der Waals surface area contributed by atoms with Crippen LogP contribution < -0.4 is 19.5 Å². The number of anilines is 1. The van der Waals surface area contributed by atoms with E-state index in [-0.39, 0.29) is 11.3 Å². The van der Waals surface area contributed by atoms with Crippen molar-refractivity contribution in [1.29, 1.82) is 5.26 Å². The molecule has 1 heterocycles. The zero-order chi connectivity index (χ0) is 21.5. The fraction of sp³-hybridized carbons (Fsp3) is 0.143. The molecule has 154 valence electrons. The van der Waals surface area contributed by atoms with E-state index in [0.29, 0.717) is 27.9 Å². The molecule has 3 aromatic rings. The van der Waals surface area contributed by atoms with E-state index in [0.717, 1.165) is 5.56 Å². The summed E-state index contributed by atoms with van der Waals surface area (Å²) in [5.41, 5.74) is 2.02. The molecular weight excluding hydrogens is 412 g/mol. The van der Waals surface area contributed by atoms with Gasteiger partial charge in [0, 0.05) is 17.1 Å². The summed E-state index contributed by atoms with van der Waals surface area (Å²) >= 11 is 1.29. The number of aromatic nitrogens is 1. The standard InChI is InChI=1S/C21H17F2N3O3S/c1-27-18-8-7-13(9-19(18)28-2)16-12-30-20(26-16)14(10-24)11-25-15-5-3-4-6-17(15)29-21(22)23/h3-9,11-12,21,25H,1-2H3. The number of hydrogen-bond acceptors (Lipinski definition) is 7. The Kier molecular flexibility index (Phi) is 6.83. The summed E-state index contributed by atoms with van der Waals surface area (Å²) in [7, 11) is 3.10. The van der Waals surface area contributed by atoms with Crippen molar-refractivity contribution in [2.75, 3.05) is 19.5 Å². The maximum atomic E-state index is 12.6. The molecule has 0 aliphatic rings. The van der Waals surface area contributed by atoms with Crippen LogP contribution in [0.25, 0.3) is 16.8 Å². The number of benzene rings is 2. The van der Waals surface area contributed by atoms with Crippen LogP contribution >= 0.6 is 11.3 Å². The number of nitrogens with one attached hydrogen (secondary N) is 1. The molecule has 0 unspecified atom stereocenters. The average Bonchev–Trinajstić information content (AvgIpc) is 3.24. The van der Waals surface area contributed by atoms with Gasteiger partial charge in [0.25, 0.3) is 0 Å². The summed E-state index contributed by atoms with van der Waals surface area (Å²) in [6.07, 6.45) is 1.41. The molecule has 0 aliphatic heterocycles. The molecule has 2 aromatic carbocycles. The summed E-state index contributed by atoms with van der Waals surface area (Å²) in [6, 6.07) is 13.7. The largest absolute Gasteiger partial charge is 0.493 e. The smallest absolute Gasteiger partial charge is 0.387 e. The number of hydrogen-bond donors (Lipinski definition) is 1. The van der Waals surface area contributed by atoms with Crippen LogP contribution in [0.3, 0.4) is 0 Å². The topological polar surface area (TPSA) is 76.4 Å². The number of allylic oxidation sites excluding steroid dienone is 1. The Bertz CT molecular complexity index is 1090. The Labute approximate surface area is 176 Å². The molecule has 0 aliphatic carbocycles. The van der Waals surface area contributed by atoms with Crippen molar-refractivity contribution < 1.29 is 23.0 Å². The first-order valence-corrected chi connectivity index (χ1v) is 9.52. The van der Waals surface area contributed by atoms with Gasteiger partial charge in [0.15, 0.2) is 11.5 Å². The monoisotopic (exact) mass is 429 g/mol. The Morgan fingerprint density at radius 2 is 1.90 bits per heavy atom. The number of nitrogens with zero attached hydrogens (tertiary/aromatic N) is 2. The van der Waals surface area contributed by atoms with Gasteiger partial charge in [-0.05, 0) is 30.3 Å². The fourth-order valence-electron chi connectivity index (χ4n) is 2.60. The third kappa shape index (κ3) is 4.85. The Hall–Kier alpha value is -3.64. The maximum Gasteiger partial charge on any atom is 0.387 e. The second-order valence-electron chi connectivity index (χ2n) is 5.80. The first kappa shape index (κ1) is 21.1. The highest BCUT2D eigenvalue weighted by molar-refractivity contribution is 7.11. The van der Waals surface area contributed by atoms with Crippen LogP contribution in [0.2, 0.25) is 0 Å². The van der Waals surface area contributed by atoms with E-state index >= 15 is 0 Å². The highest BCUT2D eigenvalue weighted by Gasteiger charge is 2.13. The molecule has 0 amide bonds. The zero-order valence-electron chi connectivity index (χ0n) is 16.1. The van der Waals surface area contributed by atoms with Gasteiger partial charge in [-0.15, -0.1) is 11.3 Å². The molecule has 0 fully saturated rings. The van der Waals surface area contributed by atoms with Crippen molar-refractivity contribution in [2.45, 2.75) is 6.61 Å². The third-order valence-corrected chi connectivity index (χ3v) is 4.89. The van der Waals surface area contributed by atoms with Crippen LogP contribution in [0, 0.1) is 11.3 Å². The first-order chi connectivity index (χ1) is 14.5. The zero-order valence-corrected chi connectivity index (χ0v) is 16.9. The van der Waals surface area contributed by atoms with Crippen LogP contribution in [0.5, 0.6) is 17.2 Å². The molecule has 1 N–H and O–H groups in total. The summed E-state index contributed by atoms with van der Waals surface area (Å²) in [5.74, 6) is 1.15. The van der Waals surface area contributed by atoms with Gasteiger partial charge in [0.05, 0.1) is 25.6 Å². The van der Waals surface area contributed by atoms with Crippen molar-refractivity contribution >= 4 is 22.6 Å². The van der Waals surface area contributed by atoms with Gasteiger partial charge in [-0.1, -0.05) is 12.1 Å². The van der Waals surface area contributed by atoms with Crippen molar-refractivity contribution in [3.8, 4) is 34.6 Å². The van der Waals surface area contributed by atoms with E-state index in [1.54, 1.807) is 44.6 Å². The number of halogens is 2. The van der Waals surface area contributed by atoms with Crippen LogP contribution in [-0.2, 0) is 0 Å². The maximum absolute atomic E-state index is 12.6. The molecule has 0 bridgehead atoms. The minimum Gasteiger partial charge on any atom is -0.493 e. The highest BCUT2D eigenvalue weighted by atomic mass is 32.1. The van der Waals surface area contributed by atoms with Crippen LogP contribution in [-0.4, -0.2) is 25.8 Å². The van der Waals surface area contributed by atoms with Crippen LogP contribution in [0.15, 0.2) is 54.0 Å².